The van der Waals surface area contributed by atoms with E-state index in [-0.39, 0.29) is 16.7 Å². The highest BCUT2D eigenvalue weighted by atomic mass is 16.2. The van der Waals surface area contributed by atoms with Crippen LogP contribution in [0.3, 0.4) is 0 Å². The molecule has 1 atom stereocenters. The fourth-order valence-corrected chi connectivity index (χ4v) is 5.83. The summed E-state index contributed by atoms with van der Waals surface area (Å²) in [5, 5.41) is 0. The van der Waals surface area contributed by atoms with Crippen LogP contribution in [-0.4, -0.2) is 72.8 Å². The number of fused-ring (bicyclic) bond motifs is 2. The zero-order valence-electron chi connectivity index (χ0n) is 19.8. The first-order valence-corrected chi connectivity index (χ1v) is 12.0. The normalized spacial score (nSPS) is 23.8. The van der Waals surface area contributed by atoms with Crippen molar-refractivity contribution < 1.29 is 9.59 Å². The van der Waals surface area contributed by atoms with Gasteiger partial charge in [-0.2, -0.15) is 0 Å². The number of benzene rings is 1. The van der Waals surface area contributed by atoms with Gasteiger partial charge in [-0.15, -0.1) is 0 Å². The zero-order chi connectivity index (χ0) is 22.2. The Labute approximate surface area is 187 Å². The van der Waals surface area contributed by atoms with Gasteiger partial charge in [-0.05, 0) is 54.2 Å². The number of piperazine rings is 1. The summed E-state index contributed by atoms with van der Waals surface area (Å²) in [6.45, 7) is 11.7. The van der Waals surface area contributed by atoms with Crippen LogP contribution in [0.2, 0.25) is 0 Å². The number of likely N-dealkylation sites (tertiary alicyclic amines) is 1. The zero-order valence-corrected chi connectivity index (χ0v) is 19.8. The highest BCUT2D eigenvalue weighted by Crippen LogP contribution is 2.52. The fraction of sp³-hybridized carbons (Fsp3) is 0.692. The van der Waals surface area contributed by atoms with Gasteiger partial charge in [0.05, 0.1) is 0 Å². The molecule has 0 saturated carbocycles. The molecule has 2 amide bonds. The number of piperidine rings is 1. The maximum atomic E-state index is 13.1. The number of nitrogens with zero attached hydrogens (tertiary/aromatic N) is 3. The standard InChI is InChI=1S/C26H39N3O2/c1-25(2,3)19-24(31)28-11-9-26(10-12-28)18-20(21-7-5-6-8-22(21)26)17-23(30)29-15-13-27(4)14-16-29/h5-8,20H,9-19H2,1-4H3. The van der Waals surface area contributed by atoms with E-state index in [0.717, 1.165) is 58.5 Å². The van der Waals surface area contributed by atoms with Gasteiger partial charge in [-0.25, -0.2) is 0 Å². The summed E-state index contributed by atoms with van der Waals surface area (Å²) in [7, 11) is 2.12. The van der Waals surface area contributed by atoms with Crippen LogP contribution in [0, 0.1) is 5.41 Å². The Morgan fingerprint density at radius 1 is 0.935 bits per heavy atom. The summed E-state index contributed by atoms with van der Waals surface area (Å²) in [5.41, 5.74) is 2.97. The molecule has 2 aliphatic heterocycles. The van der Waals surface area contributed by atoms with Crippen LogP contribution in [0.15, 0.2) is 24.3 Å². The molecular weight excluding hydrogens is 386 g/mol. The fourth-order valence-electron chi connectivity index (χ4n) is 5.83. The molecule has 5 heteroatoms. The summed E-state index contributed by atoms with van der Waals surface area (Å²) < 4.78 is 0. The third-order valence-corrected chi connectivity index (χ3v) is 7.64. The molecule has 31 heavy (non-hydrogen) atoms. The Morgan fingerprint density at radius 2 is 1.55 bits per heavy atom. The molecular formula is C26H39N3O2. The van der Waals surface area contributed by atoms with Gasteiger partial charge in [0.25, 0.3) is 0 Å². The minimum absolute atomic E-state index is 0.0287. The van der Waals surface area contributed by atoms with E-state index in [1.165, 1.54) is 11.1 Å². The molecule has 2 fully saturated rings. The first-order valence-electron chi connectivity index (χ1n) is 12.0. The Balaban J connectivity index is 1.44. The molecule has 5 nitrogen and oxygen atoms in total. The van der Waals surface area contributed by atoms with Gasteiger partial charge < -0.3 is 14.7 Å². The van der Waals surface area contributed by atoms with Crippen molar-refractivity contribution in [1.29, 1.82) is 0 Å². The lowest BCUT2D eigenvalue weighted by Gasteiger charge is -2.41. The number of carbonyl (C=O) groups is 2. The molecule has 1 unspecified atom stereocenters. The van der Waals surface area contributed by atoms with Gasteiger partial charge in [0, 0.05) is 52.1 Å². The Hall–Kier alpha value is -1.88. The molecule has 0 aromatic heterocycles. The van der Waals surface area contributed by atoms with Gasteiger partial charge in [0.2, 0.25) is 11.8 Å². The predicted octanol–water partition coefficient (Wildman–Crippen LogP) is 3.63. The van der Waals surface area contributed by atoms with Crippen LogP contribution in [0.1, 0.15) is 69.9 Å². The van der Waals surface area contributed by atoms with Crippen LogP contribution < -0.4 is 0 Å². The molecule has 4 rings (SSSR count). The summed E-state index contributed by atoms with van der Waals surface area (Å²) in [5.74, 6) is 0.901. The van der Waals surface area contributed by atoms with E-state index in [0.29, 0.717) is 24.7 Å². The van der Waals surface area contributed by atoms with Crippen LogP contribution >= 0.6 is 0 Å². The molecule has 2 heterocycles. The number of hydrogen-bond donors (Lipinski definition) is 0. The molecule has 1 spiro atoms. The second kappa shape index (κ2) is 8.57. The van der Waals surface area contributed by atoms with Crippen LogP contribution in [0.5, 0.6) is 0 Å². The number of carbonyl (C=O) groups excluding carboxylic acids is 2. The molecule has 0 N–H and O–H groups in total. The Kier molecular flexibility index (Phi) is 6.17. The lowest BCUT2D eigenvalue weighted by atomic mass is 9.73. The highest BCUT2D eigenvalue weighted by Gasteiger charge is 2.46. The second-order valence-corrected chi connectivity index (χ2v) is 11.3. The second-order valence-electron chi connectivity index (χ2n) is 11.3. The monoisotopic (exact) mass is 425 g/mol. The molecule has 0 bridgehead atoms. The van der Waals surface area contributed by atoms with Crippen molar-refractivity contribution in [1.82, 2.24) is 14.7 Å². The summed E-state index contributed by atoms with van der Waals surface area (Å²) in [6, 6.07) is 8.78. The summed E-state index contributed by atoms with van der Waals surface area (Å²) in [6.07, 6.45) is 4.30. The first kappa shape index (κ1) is 22.3. The van der Waals surface area contributed by atoms with Crippen molar-refractivity contribution in [3.8, 4) is 0 Å². The van der Waals surface area contributed by atoms with Crippen LogP contribution in [0.25, 0.3) is 0 Å². The third-order valence-electron chi connectivity index (χ3n) is 7.64. The van der Waals surface area contributed by atoms with Crippen molar-refractivity contribution in [2.45, 2.75) is 64.2 Å². The maximum Gasteiger partial charge on any atom is 0.223 e. The maximum absolute atomic E-state index is 13.1. The van der Waals surface area contributed by atoms with Gasteiger partial charge >= 0.3 is 0 Å². The molecule has 3 aliphatic rings. The SMILES string of the molecule is CN1CCN(C(=O)CC2CC3(CCN(C(=O)CC(C)(C)C)CC3)c3ccccc32)CC1. The van der Waals surface area contributed by atoms with E-state index in [2.05, 4.69) is 66.8 Å². The van der Waals surface area contributed by atoms with Gasteiger partial charge in [0.1, 0.15) is 0 Å². The molecule has 1 aromatic rings. The van der Waals surface area contributed by atoms with E-state index in [4.69, 9.17) is 0 Å². The minimum atomic E-state index is 0.0287. The minimum Gasteiger partial charge on any atom is -0.343 e. The van der Waals surface area contributed by atoms with Crippen molar-refractivity contribution in [3.05, 3.63) is 35.4 Å². The quantitative estimate of drug-likeness (QED) is 0.743. The van der Waals surface area contributed by atoms with Crippen molar-refractivity contribution in [3.63, 3.8) is 0 Å². The number of hydrogen-bond acceptors (Lipinski definition) is 3. The predicted molar refractivity (Wildman–Crippen MR) is 124 cm³/mol. The lowest BCUT2D eigenvalue weighted by molar-refractivity contribution is -0.134. The van der Waals surface area contributed by atoms with Crippen molar-refractivity contribution in [2.75, 3.05) is 46.3 Å². The highest BCUT2D eigenvalue weighted by molar-refractivity contribution is 5.78. The summed E-state index contributed by atoms with van der Waals surface area (Å²) >= 11 is 0. The van der Waals surface area contributed by atoms with Gasteiger partial charge in [-0.3, -0.25) is 9.59 Å². The number of rotatable bonds is 3. The molecule has 1 aliphatic carbocycles. The lowest BCUT2D eigenvalue weighted by Crippen LogP contribution is -2.47. The van der Waals surface area contributed by atoms with Crippen molar-refractivity contribution in [2.24, 2.45) is 5.41 Å². The van der Waals surface area contributed by atoms with E-state index in [1.54, 1.807) is 0 Å². The van der Waals surface area contributed by atoms with E-state index >= 15 is 0 Å². The Bertz CT molecular complexity index is 812. The average molecular weight is 426 g/mol. The molecule has 0 radical (unpaired) electrons. The van der Waals surface area contributed by atoms with E-state index in [9.17, 15) is 9.59 Å². The van der Waals surface area contributed by atoms with E-state index in [1.807, 2.05) is 0 Å². The molecule has 170 valence electrons. The van der Waals surface area contributed by atoms with Gasteiger partial charge in [-0.1, -0.05) is 45.0 Å². The molecule has 1 aromatic carbocycles. The first-order chi connectivity index (χ1) is 14.7. The van der Waals surface area contributed by atoms with Gasteiger partial charge in [0.15, 0.2) is 0 Å². The van der Waals surface area contributed by atoms with Crippen LogP contribution in [-0.2, 0) is 15.0 Å². The smallest absolute Gasteiger partial charge is 0.223 e. The number of likely N-dealkylation sites (N-methyl/N-ethyl adjacent to an activating group) is 1. The van der Waals surface area contributed by atoms with E-state index < -0.39 is 0 Å². The average Bonchev–Trinajstić information content (AvgIpc) is 3.01. The Morgan fingerprint density at radius 3 is 2.19 bits per heavy atom. The largest absolute Gasteiger partial charge is 0.343 e. The number of amides is 2. The summed E-state index contributed by atoms with van der Waals surface area (Å²) in [4.78, 5) is 32.2. The molecule has 2 saturated heterocycles. The third kappa shape index (κ3) is 4.82. The van der Waals surface area contributed by atoms with Crippen LogP contribution in [0.4, 0.5) is 0 Å². The van der Waals surface area contributed by atoms with Crippen molar-refractivity contribution >= 4 is 11.8 Å². The topological polar surface area (TPSA) is 43.9 Å².